The average Bonchev–Trinajstić information content (AvgIpc) is 2.85. The van der Waals surface area contributed by atoms with Gasteiger partial charge in [-0.2, -0.15) is 0 Å². The molecule has 0 saturated heterocycles. The highest BCUT2D eigenvalue weighted by atomic mass is 14.4. The van der Waals surface area contributed by atoms with Gasteiger partial charge in [-0.1, -0.05) is 74.0 Å². The summed E-state index contributed by atoms with van der Waals surface area (Å²) in [5, 5.41) is 2.81. The van der Waals surface area contributed by atoms with Crippen LogP contribution in [-0.2, 0) is 5.41 Å². The second-order valence-electron chi connectivity index (χ2n) is 6.55. The van der Waals surface area contributed by atoms with Gasteiger partial charge in [-0.15, -0.1) is 0 Å². The van der Waals surface area contributed by atoms with E-state index in [1.54, 1.807) is 5.56 Å². The fourth-order valence-electron chi connectivity index (χ4n) is 4.44. The predicted octanol–water partition coefficient (Wildman–Crippen LogP) is 6.23. The summed E-state index contributed by atoms with van der Waals surface area (Å²) in [5.41, 5.74) is 7.45. The van der Waals surface area contributed by atoms with Crippen LogP contribution in [0.5, 0.6) is 0 Å². The summed E-state index contributed by atoms with van der Waals surface area (Å²) in [5.74, 6) is 0. The lowest BCUT2D eigenvalue weighted by atomic mass is 9.72. The van der Waals surface area contributed by atoms with E-state index in [9.17, 15) is 0 Å². The van der Waals surface area contributed by atoms with Gasteiger partial charge in [0.2, 0.25) is 0 Å². The Morgan fingerprint density at radius 2 is 1.59 bits per heavy atom. The average molecular weight is 286 g/mol. The van der Waals surface area contributed by atoms with Crippen molar-refractivity contribution in [1.82, 2.24) is 0 Å². The van der Waals surface area contributed by atoms with Crippen LogP contribution in [0.2, 0.25) is 0 Å². The lowest BCUT2D eigenvalue weighted by molar-refractivity contribution is 0.494. The van der Waals surface area contributed by atoms with Crippen molar-refractivity contribution in [2.45, 2.75) is 39.0 Å². The molecule has 0 heteroatoms. The predicted molar refractivity (Wildman–Crippen MR) is 95.5 cm³/mol. The van der Waals surface area contributed by atoms with Gasteiger partial charge in [0.05, 0.1) is 0 Å². The van der Waals surface area contributed by atoms with Gasteiger partial charge in [0, 0.05) is 5.41 Å². The topological polar surface area (TPSA) is 0 Å². The molecule has 3 aromatic rings. The van der Waals surface area contributed by atoms with E-state index in [1.165, 1.54) is 33.0 Å². The maximum absolute atomic E-state index is 2.34. The fraction of sp³-hybridized carbons (Fsp3) is 0.273. The standard InChI is InChI=1S/C22H22/c1-4-22(5-2)20-9-7-6-8-18(20)19-13-11-16-14-15(3)10-12-17(16)21(19)22/h6-14H,4-5H2,1-3H3. The van der Waals surface area contributed by atoms with Gasteiger partial charge in [-0.3, -0.25) is 0 Å². The zero-order valence-electron chi connectivity index (χ0n) is 13.6. The molecular weight excluding hydrogens is 264 g/mol. The summed E-state index contributed by atoms with van der Waals surface area (Å²) in [6, 6.07) is 20.5. The maximum Gasteiger partial charge on any atom is 0.0216 e. The van der Waals surface area contributed by atoms with E-state index in [0.29, 0.717) is 0 Å². The zero-order valence-corrected chi connectivity index (χ0v) is 13.6. The van der Waals surface area contributed by atoms with Crippen molar-refractivity contribution in [3.63, 3.8) is 0 Å². The summed E-state index contributed by atoms with van der Waals surface area (Å²) in [6.07, 6.45) is 2.31. The molecule has 1 aliphatic rings. The van der Waals surface area contributed by atoms with Gasteiger partial charge in [0.1, 0.15) is 0 Å². The molecule has 0 nitrogen and oxygen atoms in total. The molecule has 0 atom stereocenters. The molecule has 0 saturated carbocycles. The number of fused-ring (bicyclic) bond motifs is 5. The summed E-state index contributed by atoms with van der Waals surface area (Å²) in [7, 11) is 0. The summed E-state index contributed by atoms with van der Waals surface area (Å²) >= 11 is 0. The normalized spacial score (nSPS) is 14.9. The first-order valence-corrected chi connectivity index (χ1v) is 8.35. The van der Waals surface area contributed by atoms with Gasteiger partial charge < -0.3 is 0 Å². The molecule has 0 radical (unpaired) electrons. The first-order chi connectivity index (χ1) is 10.7. The second kappa shape index (κ2) is 4.71. The molecule has 3 aromatic carbocycles. The van der Waals surface area contributed by atoms with Gasteiger partial charge >= 0.3 is 0 Å². The minimum atomic E-state index is 0.167. The summed E-state index contributed by atoms with van der Waals surface area (Å²) < 4.78 is 0. The van der Waals surface area contributed by atoms with E-state index in [4.69, 9.17) is 0 Å². The van der Waals surface area contributed by atoms with E-state index >= 15 is 0 Å². The van der Waals surface area contributed by atoms with Crippen LogP contribution in [0.25, 0.3) is 21.9 Å². The fourth-order valence-corrected chi connectivity index (χ4v) is 4.44. The van der Waals surface area contributed by atoms with E-state index in [1.807, 2.05) is 0 Å². The smallest absolute Gasteiger partial charge is 0.0216 e. The molecule has 0 spiro atoms. The third-order valence-electron chi connectivity index (χ3n) is 5.59. The van der Waals surface area contributed by atoms with Gasteiger partial charge in [0.15, 0.2) is 0 Å². The first kappa shape index (κ1) is 13.6. The molecule has 1 aliphatic carbocycles. The summed E-state index contributed by atoms with van der Waals surface area (Å²) in [4.78, 5) is 0. The highest BCUT2D eigenvalue weighted by molar-refractivity contribution is 5.97. The largest absolute Gasteiger partial charge is 0.0642 e. The SMILES string of the molecule is CCC1(CC)c2ccccc2-c2ccc3cc(C)ccc3c21. The van der Waals surface area contributed by atoms with Crippen LogP contribution in [0.15, 0.2) is 54.6 Å². The number of benzene rings is 3. The Morgan fingerprint density at radius 1 is 0.818 bits per heavy atom. The Kier molecular flexibility index (Phi) is 2.91. The van der Waals surface area contributed by atoms with Crippen molar-refractivity contribution in [3.8, 4) is 11.1 Å². The molecule has 0 heterocycles. The Balaban J connectivity index is 2.17. The minimum Gasteiger partial charge on any atom is -0.0642 e. The second-order valence-corrected chi connectivity index (χ2v) is 6.55. The molecule has 0 fully saturated rings. The number of aryl methyl sites for hydroxylation is 1. The van der Waals surface area contributed by atoms with Crippen molar-refractivity contribution in [3.05, 3.63) is 71.3 Å². The van der Waals surface area contributed by atoms with Crippen LogP contribution < -0.4 is 0 Å². The third-order valence-corrected chi connectivity index (χ3v) is 5.59. The number of hydrogen-bond donors (Lipinski definition) is 0. The van der Waals surface area contributed by atoms with E-state index in [0.717, 1.165) is 12.8 Å². The molecular formula is C22H22. The zero-order chi connectivity index (χ0) is 15.3. The number of hydrogen-bond acceptors (Lipinski definition) is 0. The van der Waals surface area contributed by atoms with Crippen LogP contribution in [0.4, 0.5) is 0 Å². The van der Waals surface area contributed by atoms with Crippen LogP contribution in [0.3, 0.4) is 0 Å². The van der Waals surface area contributed by atoms with E-state index in [-0.39, 0.29) is 5.41 Å². The van der Waals surface area contributed by atoms with E-state index in [2.05, 4.69) is 75.4 Å². The van der Waals surface area contributed by atoms with Gasteiger partial charge in [-0.25, -0.2) is 0 Å². The quantitative estimate of drug-likeness (QED) is 0.523. The first-order valence-electron chi connectivity index (χ1n) is 8.35. The highest BCUT2D eigenvalue weighted by Crippen LogP contribution is 2.54. The maximum atomic E-state index is 2.34. The molecule has 4 rings (SSSR count). The molecule has 0 aliphatic heterocycles. The molecule has 0 amide bonds. The molecule has 0 N–H and O–H groups in total. The monoisotopic (exact) mass is 286 g/mol. The van der Waals surface area contributed by atoms with Crippen LogP contribution in [-0.4, -0.2) is 0 Å². The Morgan fingerprint density at radius 3 is 2.36 bits per heavy atom. The Hall–Kier alpha value is -2.08. The minimum absolute atomic E-state index is 0.167. The molecule has 0 unspecified atom stereocenters. The van der Waals surface area contributed by atoms with Crippen LogP contribution >= 0.6 is 0 Å². The molecule has 0 aromatic heterocycles. The lowest BCUT2D eigenvalue weighted by Gasteiger charge is -2.30. The summed E-state index contributed by atoms with van der Waals surface area (Å²) in [6.45, 7) is 6.85. The van der Waals surface area contributed by atoms with Crippen LogP contribution in [0.1, 0.15) is 43.4 Å². The van der Waals surface area contributed by atoms with Crippen molar-refractivity contribution >= 4 is 10.8 Å². The van der Waals surface area contributed by atoms with Gasteiger partial charge in [-0.05, 0) is 52.8 Å². The molecule has 22 heavy (non-hydrogen) atoms. The van der Waals surface area contributed by atoms with E-state index < -0.39 is 0 Å². The van der Waals surface area contributed by atoms with Crippen molar-refractivity contribution in [2.75, 3.05) is 0 Å². The van der Waals surface area contributed by atoms with Crippen molar-refractivity contribution < 1.29 is 0 Å². The van der Waals surface area contributed by atoms with Crippen LogP contribution in [0, 0.1) is 6.92 Å². The lowest BCUT2D eigenvalue weighted by Crippen LogP contribution is -2.23. The van der Waals surface area contributed by atoms with Crippen molar-refractivity contribution in [1.29, 1.82) is 0 Å². The third kappa shape index (κ3) is 1.58. The molecule has 110 valence electrons. The number of rotatable bonds is 2. The Labute approximate surface area is 132 Å². The Bertz CT molecular complexity index is 866. The molecule has 0 bridgehead atoms. The van der Waals surface area contributed by atoms with Crippen molar-refractivity contribution in [2.24, 2.45) is 0 Å². The van der Waals surface area contributed by atoms with Gasteiger partial charge in [0.25, 0.3) is 0 Å². The highest BCUT2D eigenvalue weighted by Gasteiger charge is 2.41.